The van der Waals surface area contributed by atoms with Crippen molar-refractivity contribution < 1.29 is 18.3 Å². The molecule has 8 nitrogen and oxygen atoms in total. The van der Waals surface area contributed by atoms with Crippen LogP contribution in [-0.2, 0) is 10.3 Å². The highest BCUT2D eigenvalue weighted by molar-refractivity contribution is 8.15. The van der Waals surface area contributed by atoms with Crippen LogP contribution in [0.25, 0.3) is 11.9 Å². The number of hydrogen-bond donors (Lipinski definition) is 1. The van der Waals surface area contributed by atoms with Crippen molar-refractivity contribution in [1.29, 1.82) is 0 Å². The van der Waals surface area contributed by atoms with Crippen LogP contribution in [0.5, 0.6) is 5.88 Å². The average molecular weight is 499 g/mol. The number of amidine groups is 1. The van der Waals surface area contributed by atoms with Gasteiger partial charge in [-0.05, 0) is 38.0 Å². The van der Waals surface area contributed by atoms with Crippen LogP contribution >= 0.6 is 11.8 Å². The molecule has 3 heterocycles. The predicted octanol–water partition coefficient (Wildman–Crippen LogP) is 3.00. The van der Waals surface area contributed by atoms with E-state index >= 15 is 0 Å². The molecule has 1 saturated carbocycles. The molecule has 182 valence electrons. The number of ether oxygens (including phenoxy) is 1. The minimum atomic E-state index is -1.13. The number of aromatic nitrogens is 3. The smallest absolute Gasteiger partial charge is 0.239 e. The van der Waals surface area contributed by atoms with Crippen molar-refractivity contribution in [1.82, 2.24) is 19.9 Å². The van der Waals surface area contributed by atoms with Crippen LogP contribution in [0.1, 0.15) is 37.1 Å². The monoisotopic (exact) mass is 498 g/mol. The summed E-state index contributed by atoms with van der Waals surface area (Å²) in [4.78, 5) is 30.7. The number of carbonyl (C=O) groups is 1. The first-order chi connectivity index (χ1) is 16.6. The molecule has 1 aliphatic heterocycles. The Morgan fingerprint density at radius 1 is 1.34 bits per heavy atom. The molecule has 1 aliphatic carbocycles. The molecule has 0 aromatic carbocycles. The molecule has 2 aromatic rings. The van der Waals surface area contributed by atoms with Gasteiger partial charge < -0.3 is 15.4 Å². The van der Waals surface area contributed by atoms with E-state index in [0.717, 1.165) is 0 Å². The van der Waals surface area contributed by atoms with Gasteiger partial charge in [-0.3, -0.25) is 9.79 Å². The van der Waals surface area contributed by atoms with Gasteiger partial charge in [0.25, 0.3) is 0 Å². The number of thioether (sulfide) groups is 1. The lowest BCUT2D eigenvalue weighted by molar-refractivity contribution is -0.129. The standard InChI is InChI=1S/C24H24F2N6O2S/c1-5-6-7-34-19-13-28-17(12-29-19)16(25)9-14-8-15(20(26)30-11-14)23(2)18-10-24(18,21(33)32(3)4)35-22(27)31-23/h8-9,11-13,18H,7,10H2,1-4H3,(H2,27,31)/b16-9-/t18?,23-,24+/m1/s1. The molecule has 3 atom stereocenters. The Balaban J connectivity index is 1.63. The number of nitrogens with zero attached hydrogens (tertiary/aromatic N) is 5. The second-order valence-electron chi connectivity index (χ2n) is 8.60. The van der Waals surface area contributed by atoms with Crippen LogP contribution in [0, 0.1) is 23.7 Å². The third-order valence-electron chi connectivity index (χ3n) is 6.03. The first kappa shape index (κ1) is 24.6. The minimum absolute atomic E-state index is 0.0230. The van der Waals surface area contributed by atoms with Crippen LogP contribution in [0.15, 0.2) is 29.6 Å². The van der Waals surface area contributed by atoms with Crippen LogP contribution in [-0.4, -0.2) is 56.4 Å². The molecule has 0 radical (unpaired) electrons. The Labute approximate surface area is 206 Å². The summed E-state index contributed by atoms with van der Waals surface area (Å²) >= 11 is 1.21. The van der Waals surface area contributed by atoms with E-state index in [0.29, 0.717) is 12.0 Å². The van der Waals surface area contributed by atoms with Crippen molar-refractivity contribution in [3.05, 3.63) is 47.4 Å². The number of fused-ring (bicyclic) bond motifs is 1. The quantitative estimate of drug-likeness (QED) is 0.482. The van der Waals surface area contributed by atoms with Gasteiger partial charge in [-0.25, -0.2) is 19.3 Å². The number of carbonyl (C=O) groups excluding carboxylic acids is 1. The lowest BCUT2D eigenvalue weighted by atomic mass is 9.86. The van der Waals surface area contributed by atoms with Gasteiger partial charge in [-0.15, -0.1) is 5.92 Å². The Morgan fingerprint density at radius 3 is 2.77 bits per heavy atom. The number of hydrogen-bond acceptors (Lipinski definition) is 8. The van der Waals surface area contributed by atoms with E-state index in [1.54, 1.807) is 27.9 Å². The summed E-state index contributed by atoms with van der Waals surface area (Å²) < 4.78 is 34.3. The van der Waals surface area contributed by atoms with E-state index in [9.17, 15) is 13.6 Å². The minimum Gasteiger partial charge on any atom is -0.463 e. The van der Waals surface area contributed by atoms with Crippen LogP contribution < -0.4 is 10.5 Å². The number of pyridine rings is 1. The molecule has 1 amide bonds. The van der Waals surface area contributed by atoms with E-state index in [2.05, 4.69) is 31.8 Å². The molecule has 0 saturated heterocycles. The molecule has 2 N–H and O–H groups in total. The van der Waals surface area contributed by atoms with Gasteiger partial charge >= 0.3 is 0 Å². The van der Waals surface area contributed by atoms with Crippen molar-refractivity contribution in [3.8, 4) is 17.7 Å². The highest BCUT2D eigenvalue weighted by Gasteiger charge is 2.71. The molecular formula is C24H24F2N6O2S. The maximum atomic E-state index is 15.0. The third kappa shape index (κ3) is 4.58. The second kappa shape index (κ2) is 9.26. The van der Waals surface area contributed by atoms with Crippen molar-refractivity contribution in [2.75, 3.05) is 20.7 Å². The van der Waals surface area contributed by atoms with Crippen molar-refractivity contribution in [3.63, 3.8) is 0 Å². The average Bonchev–Trinajstić information content (AvgIpc) is 3.56. The summed E-state index contributed by atoms with van der Waals surface area (Å²) in [5.41, 5.74) is 5.38. The number of aliphatic imine (C=N–C) groups is 1. The summed E-state index contributed by atoms with van der Waals surface area (Å²) in [5, 5.41) is 0.200. The normalized spacial score (nSPS) is 25.0. The largest absolute Gasteiger partial charge is 0.463 e. The molecule has 1 fully saturated rings. The molecule has 35 heavy (non-hydrogen) atoms. The maximum absolute atomic E-state index is 15.0. The molecule has 2 aliphatic rings. The van der Waals surface area contributed by atoms with E-state index in [1.165, 1.54) is 47.4 Å². The Morgan fingerprint density at radius 2 is 2.11 bits per heavy atom. The zero-order valence-electron chi connectivity index (χ0n) is 19.7. The molecule has 2 aromatic heterocycles. The first-order valence-electron chi connectivity index (χ1n) is 10.7. The molecule has 0 spiro atoms. The summed E-state index contributed by atoms with van der Waals surface area (Å²) in [6.07, 6.45) is 5.42. The zero-order chi connectivity index (χ0) is 25.4. The van der Waals surface area contributed by atoms with E-state index in [4.69, 9.17) is 10.5 Å². The van der Waals surface area contributed by atoms with Crippen LogP contribution in [0.2, 0.25) is 0 Å². The SMILES string of the molecule is CC#CCOc1cnc(/C(F)=C/c2cnc(F)c([C@@]3(C)N=C(N)S[C@@]4(C(=O)N(C)C)CC43)c2)cn1. The number of rotatable bonds is 6. The van der Waals surface area contributed by atoms with Gasteiger partial charge in [0.1, 0.15) is 10.4 Å². The van der Waals surface area contributed by atoms with Gasteiger partial charge in [0.2, 0.25) is 17.7 Å². The summed E-state index contributed by atoms with van der Waals surface area (Å²) in [6, 6.07) is 1.48. The van der Waals surface area contributed by atoms with Gasteiger partial charge in [-0.1, -0.05) is 17.7 Å². The fraction of sp³-hybridized carbons (Fsp3) is 0.375. The lowest BCUT2D eigenvalue weighted by Crippen LogP contribution is -2.43. The second-order valence-corrected chi connectivity index (χ2v) is 9.95. The maximum Gasteiger partial charge on any atom is 0.239 e. The number of nitrogens with two attached hydrogens (primary N) is 1. The fourth-order valence-electron chi connectivity index (χ4n) is 4.25. The zero-order valence-corrected chi connectivity index (χ0v) is 20.5. The molecule has 1 unspecified atom stereocenters. The van der Waals surface area contributed by atoms with Gasteiger partial charge in [0.15, 0.2) is 17.6 Å². The van der Waals surface area contributed by atoms with Crippen LogP contribution in [0.3, 0.4) is 0 Å². The van der Waals surface area contributed by atoms with E-state index in [-0.39, 0.29) is 40.7 Å². The van der Waals surface area contributed by atoms with E-state index < -0.39 is 22.1 Å². The van der Waals surface area contributed by atoms with Crippen molar-refractivity contribution in [2.45, 2.75) is 30.6 Å². The predicted molar refractivity (Wildman–Crippen MR) is 130 cm³/mol. The summed E-state index contributed by atoms with van der Waals surface area (Å²) in [5.74, 6) is 3.82. The number of amides is 1. The van der Waals surface area contributed by atoms with E-state index in [1.807, 2.05) is 0 Å². The Kier molecular flexibility index (Phi) is 6.51. The van der Waals surface area contributed by atoms with Crippen molar-refractivity contribution in [2.24, 2.45) is 16.6 Å². The first-order valence-corrected chi connectivity index (χ1v) is 11.6. The highest BCUT2D eigenvalue weighted by atomic mass is 32.2. The summed E-state index contributed by atoms with van der Waals surface area (Å²) in [6.45, 7) is 3.57. The molecule has 0 bridgehead atoms. The summed E-state index contributed by atoms with van der Waals surface area (Å²) in [7, 11) is 3.34. The third-order valence-corrected chi connectivity index (χ3v) is 7.32. The molecule has 4 rings (SSSR count). The number of halogens is 2. The van der Waals surface area contributed by atoms with Gasteiger partial charge in [-0.2, -0.15) is 4.39 Å². The van der Waals surface area contributed by atoms with Crippen LogP contribution in [0.4, 0.5) is 8.78 Å². The Hall–Kier alpha value is -3.52. The topological polar surface area (TPSA) is 107 Å². The molecule has 11 heteroatoms. The molecular weight excluding hydrogens is 474 g/mol. The lowest BCUT2D eigenvalue weighted by Gasteiger charge is -2.34. The van der Waals surface area contributed by atoms with Crippen molar-refractivity contribution >= 4 is 34.7 Å². The Bertz CT molecular complexity index is 1290. The van der Waals surface area contributed by atoms with Gasteiger partial charge in [0.05, 0.1) is 17.9 Å². The fourth-order valence-corrected chi connectivity index (χ4v) is 5.75. The van der Waals surface area contributed by atoms with Gasteiger partial charge in [0, 0.05) is 31.8 Å². The highest BCUT2D eigenvalue weighted by Crippen LogP contribution is 2.66.